The zero-order chi connectivity index (χ0) is 35.8. The standard InChI is InChI=1S/C50H33N3O/c1-3-13-34(14-4-1)35-23-27-37(28-24-35)49-51-52-50(54-49)38-29-25-36(26-30-38)41-17-7-9-19-43(41)44-20-10-8-18-42(44)39-31-32-48-46(33-39)45-21-11-12-22-47(45)53(48)40-15-5-2-6-16-40/h1-33H. The summed E-state index contributed by atoms with van der Waals surface area (Å²) < 4.78 is 8.52. The number of hydrogen-bond acceptors (Lipinski definition) is 3. The van der Waals surface area contributed by atoms with Gasteiger partial charge in [0.05, 0.1) is 11.0 Å². The zero-order valence-electron chi connectivity index (χ0n) is 29.3. The van der Waals surface area contributed by atoms with Crippen LogP contribution in [0, 0.1) is 0 Å². The molecule has 8 aromatic carbocycles. The molecule has 2 heterocycles. The average Bonchev–Trinajstić information content (AvgIpc) is 3.88. The van der Waals surface area contributed by atoms with Gasteiger partial charge in [0.1, 0.15) is 0 Å². The second kappa shape index (κ2) is 13.4. The highest BCUT2D eigenvalue weighted by molar-refractivity contribution is 6.11. The van der Waals surface area contributed by atoms with E-state index in [1.54, 1.807) is 0 Å². The first-order chi connectivity index (χ1) is 26.8. The van der Waals surface area contributed by atoms with Crippen LogP contribution in [-0.4, -0.2) is 14.8 Å². The Morgan fingerprint density at radius 3 is 1.41 bits per heavy atom. The van der Waals surface area contributed by atoms with Crippen LogP contribution in [0.5, 0.6) is 0 Å². The van der Waals surface area contributed by atoms with Crippen molar-refractivity contribution in [3.8, 4) is 73.1 Å². The molecule has 0 atom stereocenters. The summed E-state index contributed by atoms with van der Waals surface area (Å²) in [5.74, 6) is 0.991. The molecule has 0 saturated carbocycles. The molecular formula is C50H33N3O. The van der Waals surface area contributed by atoms with Gasteiger partial charge >= 0.3 is 0 Å². The van der Waals surface area contributed by atoms with E-state index in [-0.39, 0.29) is 0 Å². The molecule has 0 amide bonds. The Morgan fingerprint density at radius 2 is 0.759 bits per heavy atom. The molecule has 0 aliphatic heterocycles. The van der Waals surface area contributed by atoms with Crippen LogP contribution >= 0.6 is 0 Å². The monoisotopic (exact) mass is 691 g/mol. The third-order valence-corrected chi connectivity index (χ3v) is 10.2. The van der Waals surface area contributed by atoms with E-state index in [0.717, 1.165) is 33.5 Å². The van der Waals surface area contributed by atoms with Crippen molar-refractivity contribution in [1.29, 1.82) is 0 Å². The number of nitrogens with zero attached hydrogens (tertiary/aromatic N) is 3. The van der Waals surface area contributed by atoms with Gasteiger partial charge in [-0.3, -0.25) is 0 Å². The predicted octanol–water partition coefficient (Wildman–Crippen LogP) is 13.2. The summed E-state index contributed by atoms with van der Waals surface area (Å²) in [6.07, 6.45) is 0. The largest absolute Gasteiger partial charge is 0.416 e. The van der Waals surface area contributed by atoms with Crippen molar-refractivity contribution in [3.63, 3.8) is 0 Å². The van der Waals surface area contributed by atoms with Gasteiger partial charge in [-0.15, -0.1) is 10.2 Å². The van der Waals surface area contributed by atoms with Gasteiger partial charge in [-0.1, -0.05) is 146 Å². The van der Waals surface area contributed by atoms with Crippen molar-refractivity contribution in [2.45, 2.75) is 0 Å². The predicted molar refractivity (Wildman–Crippen MR) is 221 cm³/mol. The van der Waals surface area contributed by atoms with Crippen molar-refractivity contribution in [2.24, 2.45) is 0 Å². The molecule has 0 N–H and O–H groups in total. The first-order valence-corrected chi connectivity index (χ1v) is 18.2. The molecule has 0 aliphatic rings. The topological polar surface area (TPSA) is 43.9 Å². The fourth-order valence-electron chi connectivity index (χ4n) is 7.62. The van der Waals surface area contributed by atoms with Crippen molar-refractivity contribution in [1.82, 2.24) is 14.8 Å². The minimum absolute atomic E-state index is 0.492. The normalized spacial score (nSPS) is 11.3. The number of rotatable bonds is 7. The van der Waals surface area contributed by atoms with Gasteiger partial charge in [0, 0.05) is 27.6 Å². The quantitative estimate of drug-likeness (QED) is 0.167. The molecule has 254 valence electrons. The molecule has 0 saturated heterocycles. The van der Waals surface area contributed by atoms with E-state index in [1.807, 2.05) is 30.3 Å². The molecule has 10 rings (SSSR count). The molecular weight excluding hydrogens is 659 g/mol. The lowest BCUT2D eigenvalue weighted by molar-refractivity contribution is 0.584. The van der Waals surface area contributed by atoms with E-state index < -0.39 is 0 Å². The number of benzene rings is 8. The van der Waals surface area contributed by atoms with Crippen LogP contribution < -0.4 is 0 Å². The van der Waals surface area contributed by atoms with Crippen LogP contribution in [0.25, 0.3) is 94.9 Å². The van der Waals surface area contributed by atoms with E-state index in [9.17, 15) is 0 Å². The first kappa shape index (κ1) is 31.4. The van der Waals surface area contributed by atoms with Crippen LogP contribution in [0.1, 0.15) is 0 Å². The van der Waals surface area contributed by atoms with Crippen LogP contribution in [0.15, 0.2) is 205 Å². The van der Waals surface area contributed by atoms with Crippen molar-refractivity contribution < 1.29 is 4.42 Å². The Labute approximate surface area is 313 Å². The summed E-state index contributed by atoms with van der Waals surface area (Å²) in [6, 6.07) is 70.4. The molecule has 4 heteroatoms. The zero-order valence-corrected chi connectivity index (χ0v) is 29.3. The average molecular weight is 692 g/mol. The Morgan fingerprint density at radius 1 is 0.315 bits per heavy atom. The lowest BCUT2D eigenvalue weighted by Crippen LogP contribution is -1.93. The Hall–Kier alpha value is -7.30. The maximum Gasteiger partial charge on any atom is 0.248 e. The highest BCUT2D eigenvalue weighted by Crippen LogP contribution is 2.41. The number of fused-ring (bicyclic) bond motifs is 3. The highest BCUT2D eigenvalue weighted by atomic mass is 16.4. The molecule has 54 heavy (non-hydrogen) atoms. The number of aromatic nitrogens is 3. The van der Waals surface area contributed by atoms with Gasteiger partial charge in [0.25, 0.3) is 0 Å². The minimum atomic E-state index is 0.492. The highest BCUT2D eigenvalue weighted by Gasteiger charge is 2.17. The van der Waals surface area contributed by atoms with E-state index in [4.69, 9.17) is 4.42 Å². The van der Waals surface area contributed by atoms with Crippen LogP contribution in [0.4, 0.5) is 0 Å². The molecule has 0 aliphatic carbocycles. The molecule has 0 bridgehead atoms. The lowest BCUT2D eigenvalue weighted by Gasteiger charge is -2.15. The van der Waals surface area contributed by atoms with Gasteiger partial charge in [-0.05, 0) is 99.1 Å². The Balaban J connectivity index is 0.979. The van der Waals surface area contributed by atoms with Gasteiger partial charge < -0.3 is 8.98 Å². The second-order valence-corrected chi connectivity index (χ2v) is 13.4. The molecule has 10 aromatic rings. The van der Waals surface area contributed by atoms with E-state index in [0.29, 0.717) is 11.8 Å². The number of hydrogen-bond donors (Lipinski definition) is 0. The molecule has 2 aromatic heterocycles. The van der Waals surface area contributed by atoms with Crippen molar-refractivity contribution in [3.05, 3.63) is 200 Å². The smallest absolute Gasteiger partial charge is 0.248 e. The SMILES string of the molecule is c1ccc(-c2ccc(-c3nnc(-c4ccc(-c5ccccc5-c5ccccc5-c5ccc6c(c5)c5ccccc5n6-c5ccccc5)cc4)o3)cc2)cc1. The molecule has 4 nitrogen and oxygen atoms in total. The summed E-state index contributed by atoms with van der Waals surface area (Å²) in [4.78, 5) is 0. The van der Waals surface area contributed by atoms with Gasteiger partial charge in [0.15, 0.2) is 0 Å². The lowest BCUT2D eigenvalue weighted by atomic mass is 9.89. The summed E-state index contributed by atoms with van der Waals surface area (Å²) in [6.45, 7) is 0. The van der Waals surface area contributed by atoms with Gasteiger partial charge in [-0.25, -0.2) is 0 Å². The number of para-hydroxylation sites is 2. The van der Waals surface area contributed by atoms with Crippen LogP contribution in [-0.2, 0) is 0 Å². The Bertz CT molecular complexity index is 2910. The van der Waals surface area contributed by atoms with Gasteiger partial charge in [0.2, 0.25) is 11.8 Å². The van der Waals surface area contributed by atoms with Crippen LogP contribution in [0.2, 0.25) is 0 Å². The maximum atomic E-state index is 6.16. The summed E-state index contributed by atoms with van der Waals surface area (Å²) in [7, 11) is 0. The maximum absolute atomic E-state index is 6.16. The first-order valence-electron chi connectivity index (χ1n) is 18.2. The summed E-state index contributed by atoms with van der Waals surface area (Å²) in [5.41, 5.74) is 14.6. The fraction of sp³-hybridized carbons (Fsp3) is 0. The third-order valence-electron chi connectivity index (χ3n) is 10.2. The van der Waals surface area contributed by atoms with Crippen molar-refractivity contribution in [2.75, 3.05) is 0 Å². The molecule has 0 unspecified atom stereocenters. The Kier molecular flexibility index (Phi) is 7.77. The van der Waals surface area contributed by atoms with E-state index >= 15 is 0 Å². The minimum Gasteiger partial charge on any atom is -0.416 e. The fourth-order valence-corrected chi connectivity index (χ4v) is 7.62. The molecule has 0 radical (unpaired) electrons. The van der Waals surface area contributed by atoms with E-state index in [2.05, 4.69) is 185 Å². The van der Waals surface area contributed by atoms with Crippen LogP contribution in [0.3, 0.4) is 0 Å². The third kappa shape index (κ3) is 5.58. The van der Waals surface area contributed by atoms with Crippen molar-refractivity contribution >= 4 is 21.8 Å². The van der Waals surface area contributed by atoms with E-state index in [1.165, 1.54) is 49.6 Å². The summed E-state index contributed by atoms with van der Waals surface area (Å²) >= 11 is 0. The second-order valence-electron chi connectivity index (χ2n) is 13.4. The van der Waals surface area contributed by atoms with Gasteiger partial charge in [-0.2, -0.15) is 0 Å². The molecule has 0 fully saturated rings. The molecule has 0 spiro atoms. The summed E-state index contributed by atoms with van der Waals surface area (Å²) in [5, 5.41) is 11.2.